The predicted molar refractivity (Wildman–Crippen MR) is 78.0 cm³/mol. The maximum atomic E-state index is 5.84. The topological polar surface area (TPSA) is 77.8 Å². The van der Waals surface area contributed by atoms with Gasteiger partial charge in [0.25, 0.3) is 5.95 Å². The molecule has 106 valence electrons. The van der Waals surface area contributed by atoms with Crippen LogP contribution >= 0.6 is 11.6 Å². The van der Waals surface area contributed by atoms with Crippen LogP contribution in [0.2, 0.25) is 5.02 Å². The van der Waals surface area contributed by atoms with Gasteiger partial charge >= 0.3 is 6.01 Å². The molecule has 0 aliphatic carbocycles. The van der Waals surface area contributed by atoms with Gasteiger partial charge in [0.1, 0.15) is 5.75 Å². The first-order chi connectivity index (χ1) is 10.2. The van der Waals surface area contributed by atoms with E-state index in [4.69, 9.17) is 16.3 Å². The Hall–Kier alpha value is -2.67. The Labute approximate surface area is 125 Å². The molecule has 21 heavy (non-hydrogen) atoms. The minimum Gasteiger partial charge on any atom is -0.424 e. The summed E-state index contributed by atoms with van der Waals surface area (Å²) in [5, 5.41) is 7.58. The number of anilines is 1. The van der Waals surface area contributed by atoms with Crippen molar-refractivity contribution in [2.75, 3.05) is 12.4 Å². The molecule has 0 saturated heterocycles. The van der Waals surface area contributed by atoms with E-state index < -0.39 is 0 Å². The van der Waals surface area contributed by atoms with Crippen molar-refractivity contribution in [2.24, 2.45) is 0 Å². The van der Waals surface area contributed by atoms with Crippen molar-refractivity contribution in [1.82, 2.24) is 24.7 Å². The summed E-state index contributed by atoms with van der Waals surface area (Å²) in [7, 11) is 1.72. The van der Waals surface area contributed by atoms with E-state index in [1.165, 1.54) is 4.68 Å². The van der Waals surface area contributed by atoms with Crippen LogP contribution in [0.25, 0.3) is 5.95 Å². The van der Waals surface area contributed by atoms with Gasteiger partial charge in [-0.1, -0.05) is 11.6 Å². The average molecular weight is 303 g/mol. The quantitative estimate of drug-likeness (QED) is 0.798. The first-order valence-corrected chi connectivity index (χ1v) is 6.49. The maximum Gasteiger partial charge on any atom is 0.328 e. The van der Waals surface area contributed by atoms with Crippen LogP contribution in [0, 0.1) is 0 Å². The number of aromatic nitrogens is 5. The second-order valence-electron chi connectivity index (χ2n) is 4.00. The van der Waals surface area contributed by atoms with Crippen LogP contribution < -0.4 is 10.1 Å². The molecule has 0 amide bonds. The third-order valence-corrected chi connectivity index (χ3v) is 2.81. The van der Waals surface area contributed by atoms with Gasteiger partial charge in [-0.05, 0) is 30.3 Å². The summed E-state index contributed by atoms with van der Waals surface area (Å²) in [6, 6.07) is 8.87. The molecule has 7 nitrogen and oxygen atoms in total. The number of rotatable bonds is 4. The number of hydrogen-bond acceptors (Lipinski definition) is 6. The summed E-state index contributed by atoms with van der Waals surface area (Å²) in [4.78, 5) is 12.6. The molecule has 1 N–H and O–H groups in total. The molecule has 0 bridgehead atoms. The van der Waals surface area contributed by atoms with E-state index in [-0.39, 0.29) is 6.01 Å². The summed E-state index contributed by atoms with van der Waals surface area (Å²) < 4.78 is 7.14. The van der Waals surface area contributed by atoms with Gasteiger partial charge in [-0.3, -0.25) is 0 Å². The fraction of sp³-hybridized carbons (Fsp3) is 0.0769. The largest absolute Gasteiger partial charge is 0.424 e. The highest BCUT2D eigenvalue weighted by molar-refractivity contribution is 6.30. The van der Waals surface area contributed by atoms with Crippen LogP contribution in [0.5, 0.6) is 11.8 Å². The Bertz CT molecular complexity index is 729. The van der Waals surface area contributed by atoms with Gasteiger partial charge in [0.15, 0.2) is 0 Å². The van der Waals surface area contributed by atoms with Gasteiger partial charge in [0, 0.05) is 24.5 Å². The second kappa shape index (κ2) is 5.76. The number of hydrogen-bond donors (Lipinski definition) is 1. The summed E-state index contributed by atoms with van der Waals surface area (Å²) in [5.74, 6) is 1.34. The van der Waals surface area contributed by atoms with Crippen LogP contribution in [0.3, 0.4) is 0 Å². The first-order valence-electron chi connectivity index (χ1n) is 6.12. The summed E-state index contributed by atoms with van der Waals surface area (Å²) >= 11 is 5.84. The molecule has 3 aromatic rings. The van der Waals surface area contributed by atoms with Crippen molar-refractivity contribution in [2.45, 2.75) is 0 Å². The van der Waals surface area contributed by atoms with Gasteiger partial charge in [-0.15, -0.1) is 0 Å². The van der Waals surface area contributed by atoms with E-state index in [1.807, 2.05) is 0 Å². The lowest BCUT2D eigenvalue weighted by Gasteiger charge is -2.07. The molecule has 0 saturated carbocycles. The Kier molecular flexibility index (Phi) is 3.65. The van der Waals surface area contributed by atoms with Crippen LogP contribution in [-0.4, -0.2) is 31.8 Å². The number of halogens is 1. The van der Waals surface area contributed by atoms with Gasteiger partial charge < -0.3 is 10.1 Å². The maximum absolute atomic E-state index is 5.84. The molecule has 0 radical (unpaired) electrons. The Balaban J connectivity index is 1.94. The zero-order chi connectivity index (χ0) is 14.7. The van der Waals surface area contributed by atoms with Crippen LogP contribution in [0.15, 0.2) is 42.7 Å². The lowest BCUT2D eigenvalue weighted by atomic mass is 10.3. The fourth-order valence-electron chi connectivity index (χ4n) is 1.60. The lowest BCUT2D eigenvalue weighted by molar-refractivity contribution is 0.438. The van der Waals surface area contributed by atoms with E-state index in [9.17, 15) is 0 Å². The average Bonchev–Trinajstić information content (AvgIpc) is 3.04. The lowest BCUT2D eigenvalue weighted by Crippen LogP contribution is -2.08. The monoisotopic (exact) mass is 302 g/mol. The minimum absolute atomic E-state index is 0.169. The minimum atomic E-state index is 0.169. The highest BCUT2D eigenvalue weighted by Crippen LogP contribution is 2.21. The third-order valence-electron chi connectivity index (χ3n) is 2.56. The summed E-state index contributed by atoms with van der Waals surface area (Å²) in [5.41, 5.74) is 0. The Morgan fingerprint density at radius 2 is 1.95 bits per heavy atom. The Morgan fingerprint density at radius 1 is 1.14 bits per heavy atom. The zero-order valence-corrected chi connectivity index (χ0v) is 11.8. The predicted octanol–water partition coefficient (Wildman–Crippen LogP) is 2.54. The third kappa shape index (κ3) is 3.09. The number of nitrogens with zero attached hydrogens (tertiary/aromatic N) is 5. The van der Waals surface area contributed by atoms with Gasteiger partial charge in [-0.2, -0.15) is 20.1 Å². The van der Waals surface area contributed by atoms with E-state index >= 15 is 0 Å². The smallest absolute Gasteiger partial charge is 0.328 e. The first kappa shape index (κ1) is 13.3. The highest BCUT2D eigenvalue weighted by Gasteiger charge is 2.09. The second-order valence-corrected chi connectivity index (χ2v) is 4.43. The van der Waals surface area contributed by atoms with Crippen molar-refractivity contribution in [3.63, 3.8) is 0 Å². The van der Waals surface area contributed by atoms with Crippen LogP contribution in [-0.2, 0) is 0 Å². The van der Waals surface area contributed by atoms with E-state index in [1.54, 1.807) is 49.8 Å². The van der Waals surface area contributed by atoms with Crippen molar-refractivity contribution in [3.8, 4) is 17.7 Å². The van der Waals surface area contributed by atoms with Crippen LogP contribution in [0.1, 0.15) is 0 Å². The molecule has 3 rings (SSSR count). The van der Waals surface area contributed by atoms with Gasteiger partial charge in [0.2, 0.25) is 5.95 Å². The van der Waals surface area contributed by atoms with Gasteiger partial charge in [0.05, 0.1) is 0 Å². The van der Waals surface area contributed by atoms with E-state index in [0.717, 1.165) is 0 Å². The molecule has 1 aromatic carbocycles. The molecule has 0 atom stereocenters. The summed E-state index contributed by atoms with van der Waals surface area (Å²) in [6.07, 6.45) is 3.38. The molecule has 0 fully saturated rings. The highest BCUT2D eigenvalue weighted by atomic mass is 35.5. The number of benzene rings is 1. The number of nitrogens with one attached hydrogen (secondary N) is 1. The molecule has 8 heteroatoms. The van der Waals surface area contributed by atoms with Crippen molar-refractivity contribution < 1.29 is 4.74 Å². The molecule has 0 aliphatic heterocycles. The standard InChI is InChI=1S/C13H11ClN6O/c1-15-11-17-12(20-8-2-7-16-20)19-13(18-11)21-10-5-3-9(14)4-6-10/h2-8H,1H3,(H,15,17,18,19). The van der Waals surface area contributed by atoms with Gasteiger partial charge in [-0.25, -0.2) is 4.68 Å². The number of ether oxygens (including phenoxy) is 1. The molecule has 2 aromatic heterocycles. The van der Waals surface area contributed by atoms with Crippen molar-refractivity contribution >= 4 is 17.5 Å². The molecule has 0 spiro atoms. The molecular formula is C13H11ClN6O. The van der Waals surface area contributed by atoms with E-state index in [2.05, 4.69) is 25.4 Å². The van der Waals surface area contributed by atoms with Crippen molar-refractivity contribution in [1.29, 1.82) is 0 Å². The van der Waals surface area contributed by atoms with E-state index in [0.29, 0.717) is 22.7 Å². The SMILES string of the molecule is CNc1nc(Oc2ccc(Cl)cc2)nc(-n2cccn2)n1. The van der Waals surface area contributed by atoms with Crippen molar-refractivity contribution in [3.05, 3.63) is 47.7 Å². The Morgan fingerprint density at radius 3 is 2.62 bits per heavy atom. The molecular weight excluding hydrogens is 292 g/mol. The zero-order valence-electron chi connectivity index (χ0n) is 11.1. The normalized spacial score (nSPS) is 10.4. The fourth-order valence-corrected chi connectivity index (χ4v) is 1.73. The molecule has 0 unspecified atom stereocenters. The molecule has 0 aliphatic rings. The summed E-state index contributed by atoms with van der Waals surface area (Å²) in [6.45, 7) is 0. The van der Waals surface area contributed by atoms with Crippen LogP contribution in [0.4, 0.5) is 5.95 Å². The molecule has 2 heterocycles.